The minimum atomic E-state index is -0.222. The van der Waals surface area contributed by atoms with Gasteiger partial charge in [0.05, 0.1) is 23.3 Å². The van der Waals surface area contributed by atoms with Crippen LogP contribution in [0.3, 0.4) is 0 Å². The van der Waals surface area contributed by atoms with Gasteiger partial charge in [0.1, 0.15) is 5.69 Å². The normalized spacial score (nSPS) is 16.6. The predicted molar refractivity (Wildman–Crippen MR) is 119 cm³/mol. The van der Waals surface area contributed by atoms with Crippen molar-refractivity contribution in [3.63, 3.8) is 0 Å². The van der Waals surface area contributed by atoms with Crippen LogP contribution in [0.15, 0.2) is 62.7 Å². The third-order valence-electron chi connectivity index (χ3n) is 6.15. The standard InChI is InChI=1S/C23H23N5O4/c1-25-18-9-7-15(13-19(18)26(2)23(25)31)22(30)27-11-3-5-16(14-27)28-21(29)10-8-17(24-28)20-6-4-12-32-20/h4,6-10,12-13,16H,3,5,11,14H2,1-2H3. The van der Waals surface area contributed by atoms with Gasteiger partial charge in [-0.2, -0.15) is 5.10 Å². The van der Waals surface area contributed by atoms with Crippen molar-refractivity contribution in [2.24, 2.45) is 14.1 Å². The van der Waals surface area contributed by atoms with Crippen molar-refractivity contribution in [3.8, 4) is 11.5 Å². The first-order chi connectivity index (χ1) is 15.4. The highest BCUT2D eigenvalue weighted by Crippen LogP contribution is 2.24. The molecule has 0 radical (unpaired) electrons. The Labute approximate surface area is 183 Å². The smallest absolute Gasteiger partial charge is 0.328 e. The average Bonchev–Trinajstić information content (AvgIpc) is 3.43. The monoisotopic (exact) mass is 433 g/mol. The molecule has 1 aliphatic heterocycles. The molecule has 1 fully saturated rings. The third kappa shape index (κ3) is 3.26. The van der Waals surface area contributed by atoms with Gasteiger partial charge in [-0.15, -0.1) is 0 Å². The number of nitrogens with zero attached hydrogens (tertiary/aromatic N) is 5. The first-order valence-corrected chi connectivity index (χ1v) is 10.5. The number of carbonyl (C=O) groups excluding carboxylic acids is 1. The first-order valence-electron chi connectivity index (χ1n) is 10.5. The molecule has 1 aromatic carbocycles. The Morgan fingerprint density at radius 2 is 1.88 bits per heavy atom. The number of carbonyl (C=O) groups is 1. The number of imidazole rings is 1. The molecule has 9 nitrogen and oxygen atoms in total. The Morgan fingerprint density at radius 1 is 1.06 bits per heavy atom. The zero-order valence-corrected chi connectivity index (χ0v) is 17.9. The van der Waals surface area contributed by atoms with Gasteiger partial charge in [-0.1, -0.05) is 0 Å². The van der Waals surface area contributed by atoms with E-state index in [-0.39, 0.29) is 23.2 Å². The van der Waals surface area contributed by atoms with Gasteiger partial charge >= 0.3 is 5.69 Å². The lowest BCUT2D eigenvalue weighted by atomic mass is 10.0. The number of aryl methyl sites for hydroxylation is 2. The van der Waals surface area contributed by atoms with Crippen molar-refractivity contribution in [3.05, 3.63) is 75.1 Å². The second-order valence-electron chi connectivity index (χ2n) is 8.13. The van der Waals surface area contributed by atoms with Gasteiger partial charge in [-0.3, -0.25) is 18.7 Å². The summed E-state index contributed by atoms with van der Waals surface area (Å²) in [6.45, 7) is 0.993. The number of hydrogen-bond donors (Lipinski definition) is 0. The molecule has 1 atom stereocenters. The van der Waals surface area contributed by atoms with Gasteiger partial charge in [-0.05, 0) is 49.2 Å². The zero-order chi connectivity index (χ0) is 22.4. The van der Waals surface area contributed by atoms with Gasteiger partial charge in [0, 0.05) is 38.8 Å². The van der Waals surface area contributed by atoms with Crippen LogP contribution in [0.1, 0.15) is 29.2 Å². The maximum absolute atomic E-state index is 13.3. The van der Waals surface area contributed by atoms with Gasteiger partial charge < -0.3 is 9.32 Å². The molecule has 0 aliphatic carbocycles. The molecule has 0 N–H and O–H groups in total. The van der Waals surface area contributed by atoms with Crippen LogP contribution in [0, 0.1) is 0 Å². The number of piperidine rings is 1. The lowest BCUT2D eigenvalue weighted by Crippen LogP contribution is -2.43. The number of amides is 1. The highest BCUT2D eigenvalue weighted by molar-refractivity contribution is 5.97. The number of benzene rings is 1. The molecule has 5 rings (SSSR count). The molecule has 4 aromatic rings. The van der Waals surface area contributed by atoms with Gasteiger partial charge in [-0.25, -0.2) is 9.48 Å². The first kappa shape index (κ1) is 20.0. The fraction of sp³-hybridized carbons (Fsp3) is 0.304. The highest BCUT2D eigenvalue weighted by atomic mass is 16.3. The maximum Gasteiger partial charge on any atom is 0.328 e. The van der Waals surface area contributed by atoms with E-state index in [0.29, 0.717) is 35.6 Å². The van der Waals surface area contributed by atoms with E-state index in [1.165, 1.54) is 15.3 Å². The minimum absolute atomic E-state index is 0.122. The molecule has 164 valence electrons. The van der Waals surface area contributed by atoms with Gasteiger partial charge in [0.2, 0.25) is 0 Å². The van der Waals surface area contributed by atoms with Gasteiger partial charge in [0.25, 0.3) is 11.5 Å². The molecule has 9 heteroatoms. The Hall–Kier alpha value is -3.88. The number of aromatic nitrogens is 4. The maximum atomic E-state index is 13.3. The number of hydrogen-bond acceptors (Lipinski definition) is 5. The van der Waals surface area contributed by atoms with Crippen LogP contribution in [-0.4, -0.2) is 42.8 Å². The Kier molecular flexibility index (Phi) is 4.80. The Balaban J connectivity index is 1.43. The minimum Gasteiger partial charge on any atom is -0.463 e. The molecule has 1 aliphatic rings. The van der Waals surface area contributed by atoms with Crippen molar-refractivity contribution < 1.29 is 9.21 Å². The fourth-order valence-corrected chi connectivity index (χ4v) is 4.40. The lowest BCUT2D eigenvalue weighted by Gasteiger charge is -2.33. The summed E-state index contributed by atoms with van der Waals surface area (Å²) in [5.41, 5.74) is 2.24. The van der Waals surface area contributed by atoms with Crippen LogP contribution >= 0.6 is 0 Å². The van der Waals surface area contributed by atoms with E-state index in [0.717, 1.165) is 18.4 Å². The van der Waals surface area contributed by atoms with Crippen LogP contribution in [0.25, 0.3) is 22.5 Å². The van der Waals surface area contributed by atoms with Gasteiger partial charge in [0.15, 0.2) is 5.76 Å². The molecule has 0 spiro atoms. The van der Waals surface area contributed by atoms with Crippen LogP contribution in [0.4, 0.5) is 0 Å². The number of rotatable bonds is 3. The van der Waals surface area contributed by atoms with Crippen molar-refractivity contribution in [1.82, 2.24) is 23.8 Å². The highest BCUT2D eigenvalue weighted by Gasteiger charge is 2.27. The quantitative estimate of drug-likeness (QED) is 0.494. The third-order valence-corrected chi connectivity index (χ3v) is 6.15. The number of furan rings is 1. The summed E-state index contributed by atoms with van der Waals surface area (Å²) < 4.78 is 9.96. The van der Waals surface area contributed by atoms with Crippen molar-refractivity contribution >= 4 is 16.9 Å². The van der Waals surface area contributed by atoms with E-state index in [4.69, 9.17) is 4.42 Å². The fourth-order valence-electron chi connectivity index (χ4n) is 4.40. The van der Waals surface area contributed by atoms with E-state index in [1.807, 2.05) is 0 Å². The Bertz CT molecular complexity index is 1430. The number of likely N-dealkylation sites (tertiary alicyclic amines) is 1. The molecule has 1 saturated heterocycles. The molecule has 1 unspecified atom stereocenters. The summed E-state index contributed by atoms with van der Waals surface area (Å²) in [6, 6.07) is 11.8. The lowest BCUT2D eigenvalue weighted by molar-refractivity contribution is 0.0670. The second-order valence-corrected chi connectivity index (χ2v) is 8.13. The van der Waals surface area contributed by atoms with Crippen LogP contribution in [0.5, 0.6) is 0 Å². The molecule has 0 saturated carbocycles. The summed E-state index contributed by atoms with van der Waals surface area (Å²) in [5, 5.41) is 4.50. The zero-order valence-electron chi connectivity index (χ0n) is 17.9. The molecule has 32 heavy (non-hydrogen) atoms. The van der Waals surface area contributed by atoms with Crippen LogP contribution < -0.4 is 11.2 Å². The van der Waals surface area contributed by atoms with E-state index >= 15 is 0 Å². The van der Waals surface area contributed by atoms with E-state index in [1.54, 1.807) is 66.2 Å². The molecule has 3 aromatic heterocycles. The van der Waals surface area contributed by atoms with Crippen molar-refractivity contribution in [2.75, 3.05) is 13.1 Å². The predicted octanol–water partition coefficient (Wildman–Crippen LogP) is 2.17. The Morgan fingerprint density at radius 3 is 2.66 bits per heavy atom. The summed E-state index contributed by atoms with van der Waals surface area (Å²) in [5.74, 6) is 0.465. The summed E-state index contributed by atoms with van der Waals surface area (Å²) in [7, 11) is 3.41. The van der Waals surface area contributed by atoms with Crippen molar-refractivity contribution in [1.29, 1.82) is 0 Å². The SMILES string of the molecule is Cn1c(=O)n(C)c2cc(C(=O)N3CCCC(n4nc(-c5ccco5)ccc4=O)C3)ccc21. The van der Waals surface area contributed by atoms with E-state index in [9.17, 15) is 14.4 Å². The second kappa shape index (κ2) is 7.67. The van der Waals surface area contributed by atoms with Crippen LogP contribution in [0.2, 0.25) is 0 Å². The average molecular weight is 433 g/mol. The molecule has 1 amide bonds. The van der Waals surface area contributed by atoms with E-state index in [2.05, 4.69) is 5.10 Å². The number of fused-ring (bicyclic) bond motifs is 1. The molecular formula is C23H23N5O4. The summed E-state index contributed by atoms with van der Waals surface area (Å²) in [4.78, 5) is 39.8. The van der Waals surface area contributed by atoms with E-state index < -0.39 is 0 Å². The molecule has 4 heterocycles. The summed E-state index contributed by atoms with van der Waals surface area (Å²) in [6.07, 6.45) is 3.08. The largest absolute Gasteiger partial charge is 0.463 e. The van der Waals surface area contributed by atoms with Crippen LogP contribution in [-0.2, 0) is 14.1 Å². The molecule has 0 bridgehead atoms. The topological polar surface area (TPSA) is 95.3 Å². The summed E-state index contributed by atoms with van der Waals surface area (Å²) >= 11 is 0. The molecular weight excluding hydrogens is 410 g/mol. The van der Waals surface area contributed by atoms with Crippen molar-refractivity contribution in [2.45, 2.75) is 18.9 Å².